The van der Waals surface area contributed by atoms with Crippen LogP contribution in [-0.4, -0.2) is 25.3 Å². The zero-order valence-corrected chi connectivity index (χ0v) is 12.4. The first kappa shape index (κ1) is 16.9. The van der Waals surface area contributed by atoms with Gasteiger partial charge in [0, 0.05) is 12.6 Å². The first-order valence-corrected chi connectivity index (χ1v) is 7.64. The Balaban J connectivity index is 4.04. The van der Waals surface area contributed by atoms with Crippen LogP contribution >= 0.6 is 0 Å². The van der Waals surface area contributed by atoms with E-state index in [1.807, 2.05) is 0 Å². The monoisotopic (exact) mass is 243 g/mol. The van der Waals surface area contributed by atoms with Gasteiger partial charge < -0.3 is 10.1 Å². The van der Waals surface area contributed by atoms with E-state index in [9.17, 15) is 0 Å². The molecule has 104 valence electrons. The predicted molar refractivity (Wildman–Crippen MR) is 76.5 cm³/mol. The van der Waals surface area contributed by atoms with E-state index in [2.05, 4.69) is 33.0 Å². The molecule has 2 nitrogen and oxygen atoms in total. The van der Waals surface area contributed by atoms with Crippen molar-refractivity contribution >= 4 is 0 Å². The van der Waals surface area contributed by atoms with Gasteiger partial charge in [0.1, 0.15) is 0 Å². The number of hydrogen-bond acceptors (Lipinski definition) is 2. The molecule has 0 saturated heterocycles. The number of hydrogen-bond donors (Lipinski definition) is 1. The first-order valence-electron chi connectivity index (χ1n) is 7.64. The third kappa shape index (κ3) is 8.62. The molecule has 0 rings (SSSR count). The summed E-state index contributed by atoms with van der Waals surface area (Å²) in [6, 6.07) is 0.553. The number of unbranched alkanes of at least 4 members (excludes halogenated alkanes) is 3. The van der Waals surface area contributed by atoms with E-state index in [0.717, 1.165) is 13.2 Å². The Bertz CT molecular complexity index is 144. The summed E-state index contributed by atoms with van der Waals surface area (Å²) in [6.45, 7) is 10.7. The lowest BCUT2D eigenvalue weighted by molar-refractivity contribution is 0.0256. The Morgan fingerprint density at radius 1 is 0.882 bits per heavy atom. The molecule has 0 aromatic heterocycles. The fourth-order valence-electron chi connectivity index (χ4n) is 2.37. The van der Waals surface area contributed by atoms with Crippen LogP contribution in [0.2, 0.25) is 0 Å². The van der Waals surface area contributed by atoms with E-state index < -0.39 is 0 Å². The minimum Gasteiger partial charge on any atom is -0.377 e. The molecule has 2 atom stereocenters. The normalized spacial score (nSPS) is 14.8. The smallest absolute Gasteiger partial charge is 0.0727 e. The molecule has 0 fully saturated rings. The second kappa shape index (κ2) is 12.4. The molecule has 2 heteroatoms. The molecule has 0 aliphatic rings. The van der Waals surface area contributed by atoms with Gasteiger partial charge in [0.15, 0.2) is 0 Å². The summed E-state index contributed by atoms with van der Waals surface area (Å²) in [4.78, 5) is 0. The van der Waals surface area contributed by atoms with Crippen LogP contribution in [-0.2, 0) is 4.74 Å². The SMILES string of the molecule is CCCCCCC(NCC)C(CCC)OCC. The molecule has 0 aliphatic carbocycles. The Hall–Kier alpha value is -0.0800. The fraction of sp³-hybridized carbons (Fsp3) is 1.00. The number of nitrogens with one attached hydrogen (secondary N) is 1. The summed E-state index contributed by atoms with van der Waals surface area (Å²) in [6.07, 6.45) is 9.44. The Kier molecular flexibility index (Phi) is 12.3. The Morgan fingerprint density at radius 2 is 1.65 bits per heavy atom. The van der Waals surface area contributed by atoms with Gasteiger partial charge in [0.25, 0.3) is 0 Å². The van der Waals surface area contributed by atoms with Crippen LogP contribution in [0.5, 0.6) is 0 Å². The van der Waals surface area contributed by atoms with Gasteiger partial charge in [0.2, 0.25) is 0 Å². The lowest BCUT2D eigenvalue weighted by Crippen LogP contribution is -2.41. The summed E-state index contributed by atoms with van der Waals surface area (Å²) < 4.78 is 5.89. The van der Waals surface area contributed by atoms with Crippen molar-refractivity contribution in [3.05, 3.63) is 0 Å². The van der Waals surface area contributed by atoms with Crippen molar-refractivity contribution in [2.45, 2.75) is 84.8 Å². The zero-order chi connectivity index (χ0) is 12.9. The van der Waals surface area contributed by atoms with Crippen LogP contribution in [0.4, 0.5) is 0 Å². The van der Waals surface area contributed by atoms with Gasteiger partial charge in [-0.1, -0.05) is 52.9 Å². The molecule has 2 unspecified atom stereocenters. The second-order valence-electron chi connectivity index (χ2n) is 4.80. The van der Waals surface area contributed by atoms with E-state index in [1.165, 1.54) is 44.9 Å². The number of ether oxygens (including phenoxy) is 1. The van der Waals surface area contributed by atoms with Gasteiger partial charge in [-0.25, -0.2) is 0 Å². The molecule has 0 saturated carbocycles. The minimum atomic E-state index is 0.409. The molecular weight excluding hydrogens is 210 g/mol. The van der Waals surface area contributed by atoms with E-state index in [-0.39, 0.29) is 0 Å². The maximum absolute atomic E-state index is 5.89. The highest BCUT2D eigenvalue weighted by Crippen LogP contribution is 2.14. The fourth-order valence-corrected chi connectivity index (χ4v) is 2.37. The highest BCUT2D eigenvalue weighted by Gasteiger charge is 2.19. The van der Waals surface area contributed by atoms with Crippen molar-refractivity contribution in [3.63, 3.8) is 0 Å². The lowest BCUT2D eigenvalue weighted by Gasteiger charge is -2.27. The van der Waals surface area contributed by atoms with Crippen LogP contribution in [0.1, 0.15) is 72.6 Å². The van der Waals surface area contributed by atoms with Gasteiger partial charge in [-0.3, -0.25) is 0 Å². The van der Waals surface area contributed by atoms with E-state index >= 15 is 0 Å². The van der Waals surface area contributed by atoms with Crippen LogP contribution in [0.15, 0.2) is 0 Å². The van der Waals surface area contributed by atoms with Gasteiger partial charge >= 0.3 is 0 Å². The molecule has 0 aromatic rings. The highest BCUT2D eigenvalue weighted by atomic mass is 16.5. The van der Waals surface area contributed by atoms with Crippen LogP contribution in [0, 0.1) is 0 Å². The molecule has 17 heavy (non-hydrogen) atoms. The van der Waals surface area contributed by atoms with Crippen LogP contribution in [0.3, 0.4) is 0 Å². The van der Waals surface area contributed by atoms with Crippen molar-refractivity contribution in [3.8, 4) is 0 Å². The first-order chi connectivity index (χ1) is 8.29. The summed E-state index contributed by atoms with van der Waals surface area (Å²) in [5, 5.41) is 3.60. The molecular formula is C15H33NO. The standard InChI is InChI=1S/C15H33NO/c1-5-9-10-11-13-14(16-7-3)15(12-6-2)17-8-4/h14-16H,5-13H2,1-4H3. The average Bonchev–Trinajstić information content (AvgIpc) is 2.33. The molecule has 0 spiro atoms. The van der Waals surface area contributed by atoms with Gasteiger partial charge in [-0.15, -0.1) is 0 Å². The summed E-state index contributed by atoms with van der Waals surface area (Å²) in [5.74, 6) is 0. The predicted octanol–water partition coefficient (Wildman–Crippen LogP) is 4.14. The topological polar surface area (TPSA) is 21.3 Å². The Labute approximate surface area is 109 Å². The molecule has 0 aliphatic heterocycles. The van der Waals surface area contributed by atoms with E-state index in [4.69, 9.17) is 4.74 Å². The van der Waals surface area contributed by atoms with E-state index in [1.54, 1.807) is 0 Å². The van der Waals surface area contributed by atoms with Crippen LogP contribution in [0.25, 0.3) is 0 Å². The molecule has 1 N–H and O–H groups in total. The van der Waals surface area contributed by atoms with E-state index in [0.29, 0.717) is 12.1 Å². The molecule has 0 bridgehead atoms. The number of rotatable bonds is 12. The van der Waals surface area contributed by atoms with Crippen LogP contribution < -0.4 is 5.32 Å². The van der Waals surface area contributed by atoms with Gasteiger partial charge in [-0.05, 0) is 26.3 Å². The number of likely N-dealkylation sites (N-methyl/N-ethyl adjacent to an activating group) is 1. The van der Waals surface area contributed by atoms with Crippen molar-refractivity contribution in [1.29, 1.82) is 0 Å². The van der Waals surface area contributed by atoms with Crippen molar-refractivity contribution in [2.24, 2.45) is 0 Å². The third-order valence-corrected chi connectivity index (χ3v) is 3.24. The highest BCUT2D eigenvalue weighted by molar-refractivity contribution is 4.76. The quantitative estimate of drug-likeness (QED) is 0.520. The lowest BCUT2D eigenvalue weighted by atomic mass is 9.99. The summed E-state index contributed by atoms with van der Waals surface area (Å²) >= 11 is 0. The van der Waals surface area contributed by atoms with Crippen molar-refractivity contribution in [1.82, 2.24) is 5.32 Å². The zero-order valence-electron chi connectivity index (χ0n) is 12.4. The maximum Gasteiger partial charge on any atom is 0.0727 e. The maximum atomic E-state index is 5.89. The summed E-state index contributed by atoms with van der Waals surface area (Å²) in [7, 11) is 0. The van der Waals surface area contributed by atoms with Gasteiger partial charge in [0.05, 0.1) is 6.10 Å². The van der Waals surface area contributed by atoms with Gasteiger partial charge in [-0.2, -0.15) is 0 Å². The molecule has 0 amide bonds. The minimum absolute atomic E-state index is 0.409. The molecule has 0 aromatic carbocycles. The largest absolute Gasteiger partial charge is 0.377 e. The molecule has 0 radical (unpaired) electrons. The third-order valence-electron chi connectivity index (χ3n) is 3.24. The average molecular weight is 243 g/mol. The second-order valence-corrected chi connectivity index (χ2v) is 4.80. The summed E-state index contributed by atoms with van der Waals surface area (Å²) in [5.41, 5.74) is 0. The molecule has 0 heterocycles. The van der Waals surface area contributed by atoms with Crippen molar-refractivity contribution < 1.29 is 4.74 Å². The van der Waals surface area contributed by atoms with Crippen molar-refractivity contribution in [2.75, 3.05) is 13.2 Å². The Morgan fingerprint density at radius 3 is 2.18 bits per heavy atom.